The molecule has 4 nitrogen and oxygen atoms in total. The van der Waals surface area contributed by atoms with Crippen LogP contribution in [0.3, 0.4) is 0 Å². The summed E-state index contributed by atoms with van der Waals surface area (Å²) in [6.45, 7) is 9.95. The van der Waals surface area contributed by atoms with Gasteiger partial charge in [-0.3, -0.25) is 9.59 Å². The molecule has 1 amide bonds. The van der Waals surface area contributed by atoms with Gasteiger partial charge in [0, 0.05) is 19.5 Å². The molecule has 0 saturated heterocycles. The van der Waals surface area contributed by atoms with Gasteiger partial charge in [-0.25, -0.2) is 0 Å². The molecule has 0 rings (SSSR count). The van der Waals surface area contributed by atoms with Crippen LogP contribution in [0.2, 0.25) is 0 Å². The highest BCUT2D eigenvalue weighted by Gasteiger charge is 2.15. The molecule has 0 aliphatic heterocycles. The Morgan fingerprint density at radius 3 is 2.19 bits per heavy atom. The third-order valence-corrected chi connectivity index (χ3v) is 3.29. The second-order valence-electron chi connectivity index (χ2n) is 6.02. The summed E-state index contributed by atoms with van der Waals surface area (Å²) >= 11 is 0. The van der Waals surface area contributed by atoms with Gasteiger partial charge in [-0.05, 0) is 18.8 Å². The summed E-state index contributed by atoms with van der Waals surface area (Å²) in [5.41, 5.74) is 0. The van der Waals surface area contributed by atoms with Crippen LogP contribution in [0.5, 0.6) is 0 Å². The Labute approximate surface area is 130 Å². The molecule has 4 heteroatoms. The number of hydrogen-bond acceptors (Lipinski definition) is 3. The first-order valence-corrected chi connectivity index (χ1v) is 8.44. The molecular formula is C17H33NO3. The van der Waals surface area contributed by atoms with E-state index in [1.165, 1.54) is 0 Å². The lowest BCUT2D eigenvalue weighted by Crippen LogP contribution is -2.34. The molecule has 0 aromatic heterocycles. The van der Waals surface area contributed by atoms with E-state index >= 15 is 0 Å². The first kappa shape index (κ1) is 19.9. The molecule has 0 N–H and O–H groups in total. The van der Waals surface area contributed by atoms with Gasteiger partial charge in [0.05, 0.1) is 13.0 Å². The highest BCUT2D eigenvalue weighted by atomic mass is 16.5. The van der Waals surface area contributed by atoms with Crippen LogP contribution >= 0.6 is 0 Å². The van der Waals surface area contributed by atoms with E-state index in [1.54, 1.807) is 0 Å². The van der Waals surface area contributed by atoms with Gasteiger partial charge in [-0.1, -0.05) is 47.0 Å². The van der Waals surface area contributed by atoms with Gasteiger partial charge in [-0.2, -0.15) is 0 Å². The van der Waals surface area contributed by atoms with Crippen molar-refractivity contribution in [2.24, 2.45) is 5.92 Å². The van der Waals surface area contributed by atoms with Gasteiger partial charge in [0.15, 0.2) is 0 Å². The fraction of sp³-hybridized carbons (Fsp3) is 0.882. The van der Waals surface area contributed by atoms with Crippen molar-refractivity contribution in [1.29, 1.82) is 0 Å². The van der Waals surface area contributed by atoms with Crippen molar-refractivity contribution in [2.45, 2.75) is 72.6 Å². The zero-order valence-corrected chi connectivity index (χ0v) is 14.3. The summed E-state index contributed by atoms with van der Waals surface area (Å²) in [7, 11) is 0. The number of amides is 1. The maximum atomic E-state index is 12.2. The van der Waals surface area contributed by atoms with Crippen molar-refractivity contribution in [1.82, 2.24) is 4.90 Å². The number of esters is 1. The van der Waals surface area contributed by atoms with Crippen LogP contribution in [0.25, 0.3) is 0 Å². The summed E-state index contributed by atoms with van der Waals surface area (Å²) in [6.07, 6.45) is 6.08. The van der Waals surface area contributed by atoms with E-state index in [-0.39, 0.29) is 11.9 Å². The van der Waals surface area contributed by atoms with Gasteiger partial charge in [0.25, 0.3) is 0 Å². The molecule has 0 radical (unpaired) electrons. The quantitative estimate of drug-likeness (QED) is 0.407. The fourth-order valence-electron chi connectivity index (χ4n) is 1.95. The normalized spacial score (nSPS) is 10.7. The lowest BCUT2D eigenvalue weighted by atomic mass is 10.2. The minimum absolute atomic E-state index is 0.175. The molecule has 0 aliphatic rings. The molecule has 0 heterocycles. The number of carbonyl (C=O) groups excluding carboxylic acids is 2. The highest BCUT2D eigenvalue weighted by molar-refractivity contribution is 5.77. The Kier molecular flexibility index (Phi) is 12.0. The Morgan fingerprint density at radius 1 is 0.952 bits per heavy atom. The molecule has 0 aromatic carbocycles. The second-order valence-corrected chi connectivity index (χ2v) is 6.02. The number of carbonyl (C=O) groups is 2. The van der Waals surface area contributed by atoms with Crippen molar-refractivity contribution >= 4 is 11.9 Å². The van der Waals surface area contributed by atoms with Gasteiger partial charge >= 0.3 is 5.97 Å². The predicted molar refractivity (Wildman–Crippen MR) is 86.0 cm³/mol. The third kappa shape index (κ3) is 11.3. The first-order chi connectivity index (χ1) is 10.0. The van der Waals surface area contributed by atoms with Crippen LogP contribution in [0.15, 0.2) is 0 Å². The number of hydrogen-bond donors (Lipinski definition) is 0. The summed E-state index contributed by atoms with van der Waals surface area (Å²) in [6, 6.07) is 0. The first-order valence-electron chi connectivity index (χ1n) is 8.44. The van der Waals surface area contributed by atoms with Gasteiger partial charge in [0.1, 0.15) is 0 Å². The monoisotopic (exact) mass is 299 g/mol. The lowest BCUT2D eigenvalue weighted by molar-refractivity contribution is -0.145. The average molecular weight is 299 g/mol. The molecular weight excluding hydrogens is 266 g/mol. The molecule has 0 fully saturated rings. The van der Waals surface area contributed by atoms with Crippen molar-refractivity contribution in [3.05, 3.63) is 0 Å². The highest BCUT2D eigenvalue weighted by Crippen LogP contribution is 2.06. The Balaban J connectivity index is 4.15. The molecule has 124 valence electrons. The fourth-order valence-corrected chi connectivity index (χ4v) is 1.95. The molecule has 0 spiro atoms. The molecule has 0 bridgehead atoms. The molecule has 0 aliphatic carbocycles. The smallest absolute Gasteiger partial charge is 0.307 e. The van der Waals surface area contributed by atoms with Crippen molar-refractivity contribution < 1.29 is 14.3 Å². The third-order valence-electron chi connectivity index (χ3n) is 3.29. The van der Waals surface area contributed by atoms with E-state index in [0.717, 1.165) is 38.6 Å². The average Bonchev–Trinajstić information content (AvgIpc) is 2.45. The molecule has 0 atom stereocenters. The summed E-state index contributed by atoms with van der Waals surface area (Å²) in [5.74, 6) is 0.320. The zero-order chi connectivity index (χ0) is 16.1. The van der Waals surface area contributed by atoms with Crippen molar-refractivity contribution in [3.63, 3.8) is 0 Å². The molecule has 21 heavy (non-hydrogen) atoms. The molecule has 0 saturated carbocycles. The lowest BCUT2D eigenvalue weighted by Gasteiger charge is -2.22. The van der Waals surface area contributed by atoms with Crippen molar-refractivity contribution in [3.8, 4) is 0 Å². The SMILES string of the molecule is CCCCCC(=O)N(CCCC)CCC(=O)OCC(C)C. The number of ether oxygens (including phenoxy) is 1. The minimum Gasteiger partial charge on any atom is -0.465 e. The van der Waals surface area contributed by atoms with Crippen LogP contribution in [-0.2, 0) is 14.3 Å². The maximum absolute atomic E-state index is 12.2. The molecule has 0 unspecified atom stereocenters. The standard InChI is InChI=1S/C17H33NO3/c1-5-7-9-10-16(19)18(12-8-6-2)13-11-17(20)21-14-15(3)4/h15H,5-14H2,1-4H3. The Morgan fingerprint density at radius 2 is 1.62 bits per heavy atom. The number of unbranched alkanes of at least 4 members (excludes halogenated alkanes) is 3. The van der Waals surface area contributed by atoms with Gasteiger partial charge in [0.2, 0.25) is 5.91 Å². The van der Waals surface area contributed by atoms with E-state index in [4.69, 9.17) is 4.74 Å². The van der Waals surface area contributed by atoms with Crippen LogP contribution in [0.4, 0.5) is 0 Å². The van der Waals surface area contributed by atoms with E-state index < -0.39 is 0 Å². The van der Waals surface area contributed by atoms with Crippen molar-refractivity contribution in [2.75, 3.05) is 19.7 Å². The number of nitrogens with zero attached hydrogens (tertiary/aromatic N) is 1. The molecule has 0 aromatic rings. The Hall–Kier alpha value is -1.06. The summed E-state index contributed by atoms with van der Waals surface area (Å²) in [4.78, 5) is 25.7. The largest absolute Gasteiger partial charge is 0.465 e. The van der Waals surface area contributed by atoms with Gasteiger partial charge < -0.3 is 9.64 Å². The maximum Gasteiger partial charge on any atom is 0.307 e. The predicted octanol–water partition coefficient (Wildman–Crippen LogP) is 3.78. The Bertz CT molecular complexity index is 290. The van der Waals surface area contributed by atoms with E-state index in [2.05, 4.69) is 13.8 Å². The number of rotatable bonds is 12. The van der Waals surface area contributed by atoms with Crippen LogP contribution in [-0.4, -0.2) is 36.5 Å². The summed E-state index contributed by atoms with van der Waals surface area (Å²) < 4.78 is 5.16. The second kappa shape index (κ2) is 12.7. The van der Waals surface area contributed by atoms with E-state index in [1.807, 2.05) is 18.7 Å². The minimum atomic E-state index is -0.202. The zero-order valence-electron chi connectivity index (χ0n) is 14.3. The van der Waals surface area contributed by atoms with Crippen LogP contribution < -0.4 is 0 Å². The van der Waals surface area contributed by atoms with Gasteiger partial charge in [-0.15, -0.1) is 0 Å². The summed E-state index contributed by atoms with van der Waals surface area (Å²) in [5, 5.41) is 0. The van der Waals surface area contributed by atoms with E-state index in [9.17, 15) is 9.59 Å². The topological polar surface area (TPSA) is 46.6 Å². The van der Waals surface area contributed by atoms with E-state index in [0.29, 0.717) is 31.9 Å². The van der Waals surface area contributed by atoms with Crippen LogP contribution in [0, 0.1) is 5.92 Å². The van der Waals surface area contributed by atoms with Crippen LogP contribution in [0.1, 0.15) is 72.6 Å².